The van der Waals surface area contributed by atoms with E-state index in [4.69, 9.17) is 29.5 Å². The molecule has 0 atom stereocenters. The van der Waals surface area contributed by atoms with Gasteiger partial charge in [0.15, 0.2) is 0 Å². The minimum absolute atomic E-state index is 0.0356. The number of nitrogens with zero attached hydrogens (tertiary/aromatic N) is 5. The molecule has 0 saturated carbocycles. The Kier molecular flexibility index (Phi) is 17.1. The summed E-state index contributed by atoms with van der Waals surface area (Å²) in [5, 5.41) is 8.93. The second-order valence-electron chi connectivity index (χ2n) is 14.6. The number of pyridine rings is 1. The number of ether oxygens (including phenoxy) is 2. The van der Waals surface area contributed by atoms with Crippen LogP contribution in [0.1, 0.15) is 88.0 Å². The Balaban J connectivity index is 0.000000481. The van der Waals surface area contributed by atoms with E-state index in [-0.39, 0.29) is 26.5 Å². The van der Waals surface area contributed by atoms with E-state index < -0.39 is 5.82 Å². The number of nitriles is 1. The molecule has 0 spiro atoms. The highest BCUT2D eigenvalue weighted by molar-refractivity contribution is 7.55. The summed E-state index contributed by atoms with van der Waals surface area (Å²) >= 11 is 0. The molecule has 2 N–H and O–H groups in total. The first-order valence-electron chi connectivity index (χ1n) is 18.2. The fourth-order valence-electron chi connectivity index (χ4n) is 5.66. The summed E-state index contributed by atoms with van der Waals surface area (Å²) in [6, 6.07) is 18.8. The van der Waals surface area contributed by atoms with Gasteiger partial charge in [0.2, 0.25) is 12.3 Å². The maximum absolute atomic E-state index is 14.2. The molecule has 3 heterocycles. The number of hydrogen-bond acceptors (Lipinski definition) is 7. The lowest BCUT2D eigenvalue weighted by molar-refractivity contribution is -0.106. The lowest BCUT2D eigenvalue weighted by Gasteiger charge is -2.31. The summed E-state index contributed by atoms with van der Waals surface area (Å²) < 4.78 is 28.1. The molecule has 5 rings (SSSR count). The topological polar surface area (TPSA) is 119 Å². The number of piperidine rings is 1. The molecule has 0 unspecified atom stereocenters. The van der Waals surface area contributed by atoms with Crippen molar-refractivity contribution in [2.24, 2.45) is 11.7 Å². The second kappa shape index (κ2) is 21.0. The molecular formula is C41H58FN6O3P. The molecule has 0 bridgehead atoms. The molecule has 4 aromatic rings. The smallest absolute Gasteiger partial charge is 0.213 e. The predicted octanol–water partition coefficient (Wildman–Crippen LogP) is 8.40. The Bertz CT molecular complexity index is 1740. The largest absolute Gasteiger partial charge is 0.473 e. The van der Waals surface area contributed by atoms with Gasteiger partial charge < -0.3 is 19.8 Å². The highest BCUT2D eigenvalue weighted by Gasteiger charge is 2.24. The molecule has 1 aliphatic heterocycles. The average molecular weight is 733 g/mol. The van der Waals surface area contributed by atoms with E-state index in [1.165, 1.54) is 23.3 Å². The zero-order chi connectivity index (χ0) is 38.3. The van der Waals surface area contributed by atoms with Crippen molar-refractivity contribution >= 4 is 25.4 Å². The van der Waals surface area contributed by atoms with Crippen molar-refractivity contribution in [2.75, 3.05) is 39.2 Å². The number of nitrogens with two attached hydrogens (primary N) is 1. The van der Waals surface area contributed by atoms with Crippen LogP contribution in [0, 0.1) is 30.0 Å². The summed E-state index contributed by atoms with van der Waals surface area (Å²) in [5.41, 5.74) is 9.57. The van der Waals surface area contributed by atoms with E-state index in [1.807, 2.05) is 18.2 Å². The summed E-state index contributed by atoms with van der Waals surface area (Å²) in [5.74, 6) is 2.22. The Morgan fingerprint density at radius 3 is 2.44 bits per heavy atom. The molecule has 1 aliphatic rings. The van der Waals surface area contributed by atoms with Crippen LogP contribution in [0.3, 0.4) is 0 Å². The standard InChI is InChI=1S/C31H35FN5OP.C9H20O.CH3NO/c1-22-7-10-28-29(17-22)37(15-16-39(2)3)30(34-28)20-36-13-11-24(12-14-36)27-5-4-6-31(35-27)38-21-25-9-8-23(19-33)18-26(25)32;1-6-9(4,5)10-7-8(2)3;2-1-3/h4-10,17-18,24H,11-16,20-21H2,1-3H3;8H,6-7H2,1-5H3;1H,(H2,2,3). The fourth-order valence-corrected chi connectivity index (χ4v) is 6.26. The second-order valence-corrected chi connectivity index (χ2v) is 17.2. The molecule has 52 heavy (non-hydrogen) atoms. The number of primary amides is 1. The van der Waals surface area contributed by atoms with Gasteiger partial charge in [-0.05, 0) is 114 Å². The van der Waals surface area contributed by atoms with Crippen LogP contribution in [-0.2, 0) is 29.2 Å². The maximum Gasteiger partial charge on any atom is 0.213 e. The fraction of sp³-hybridized carbons (Fsp3) is 0.512. The van der Waals surface area contributed by atoms with Gasteiger partial charge in [0, 0.05) is 36.4 Å². The zero-order valence-corrected chi connectivity index (χ0v) is 33.3. The normalized spacial score (nSPS) is 13.7. The van der Waals surface area contributed by atoms with Crippen molar-refractivity contribution in [2.45, 2.75) is 92.0 Å². The van der Waals surface area contributed by atoms with E-state index in [2.05, 4.69) is 94.3 Å². The number of carbonyl (C=O) groups excluding carboxylic acids is 1. The molecule has 2 aromatic carbocycles. The number of benzene rings is 2. The molecule has 0 radical (unpaired) electrons. The Morgan fingerprint density at radius 1 is 1.12 bits per heavy atom. The Labute approximate surface area is 311 Å². The highest BCUT2D eigenvalue weighted by atomic mass is 31.1. The van der Waals surface area contributed by atoms with Gasteiger partial charge in [-0.15, -0.1) is 7.92 Å². The van der Waals surface area contributed by atoms with Crippen molar-refractivity contribution in [1.82, 2.24) is 19.4 Å². The number of hydrogen-bond donors (Lipinski definition) is 1. The third-order valence-electron chi connectivity index (χ3n) is 9.09. The van der Waals surface area contributed by atoms with Gasteiger partial charge in [-0.2, -0.15) is 5.26 Å². The molecule has 282 valence electrons. The average Bonchev–Trinajstić information content (AvgIpc) is 3.46. The molecule has 11 heteroatoms. The van der Waals surface area contributed by atoms with Crippen molar-refractivity contribution in [3.63, 3.8) is 0 Å². The van der Waals surface area contributed by atoms with Gasteiger partial charge in [0.25, 0.3) is 0 Å². The molecular weight excluding hydrogens is 674 g/mol. The maximum atomic E-state index is 14.2. The van der Waals surface area contributed by atoms with Gasteiger partial charge in [-0.3, -0.25) is 9.69 Å². The minimum atomic E-state index is -0.439. The number of amides is 1. The van der Waals surface area contributed by atoms with E-state index >= 15 is 0 Å². The lowest BCUT2D eigenvalue weighted by atomic mass is 9.93. The van der Waals surface area contributed by atoms with Crippen LogP contribution in [0.25, 0.3) is 11.0 Å². The number of fused-ring (bicyclic) bond motifs is 1. The van der Waals surface area contributed by atoms with Crippen LogP contribution < -0.4 is 10.5 Å². The number of halogens is 1. The van der Waals surface area contributed by atoms with Crippen LogP contribution in [0.15, 0.2) is 54.6 Å². The molecule has 0 aliphatic carbocycles. The van der Waals surface area contributed by atoms with Crippen molar-refractivity contribution in [3.8, 4) is 11.9 Å². The predicted molar refractivity (Wildman–Crippen MR) is 210 cm³/mol. The number of aryl methyl sites for hydroxylation is 2. The summed E-state index contributed by atoms with van der Waals surface area (Å²) in [7, 11) is 0.0356. The number of carbonyl (C=O) groups is 1. The van der Waals surface area contributed by atoms with Crippen LogP contribution in [0.4, 0.5) is 4.39 Å². The monoisotopic (exact) mass is 732 g/mol. The van der Waals surface area contributed by atoms with Crippen LogP contribution >= 0.6 is 7.92 Å². The Morgan fingerprint density at radius 2 is 1.83 bits per heavy atom. The molecule has 1 saturated heterocycles. The summed E-state index contributed by atoms with van der Waals surface area (Å²) in [6.07, 6.45) is 4.58. The van der Waals surface area contributed by atoms with E-state index in [0.29, 0.717) is 28.8 Å². The molecule has 1 fully saturated rings. The first-order valence-corrected chi connectivity index (χ1v) is 20.6. The highest BCUT2D eigenvalue weighted by Crippen LogP contribution is 2.30. The number of imidazole rings is 1. The van der Waals surface area contributed by atoms with E-state index in [1.54, 1.807) is 12.1 Å². The van der Waals surface area contributed by atoms with Gasteiger partial charge >= 0.3 is 0 Å². The van der Waals surface area contributed by atoms with Gasteiger partial charge in [-0.25, -0.2) is 14.4 Å². The van der Waals surface area contributed by atoms with Crippen LogP contribution in [0.5, 0.6) is 5.88 Å². The van der Waals surface area contributed by atoms with Crippen molar-refractivity contribution < 1.29 is 18.7 Å². The molecule has 2 aromatic heterocycles. The van der Waals surface area contributed by atoms with Crippen LogP contribution in [0.2, 0.25) is 0 Å². The lowest BCUT2D eigenvalue weighted by Crippen LogP contribution is -2.33. The first kappa shape index (κ1) is 42.5. The summed E-state index contributed by atoms with van der Waals surface area (Å²) in [4.78, 5) is 20.9. The Hall–Kier alpha value is -3.90. The van der Waals surface area contributed by atoms with Crippen molar-refractivity contribution in [3.05, 3.63) is 88.6 Å². The SMILES string of the molecule is CCC(C)(C)OCC(C)C.Cc1ccc2nc(CN3CCC(c4cccc(OCc5ccc(C#N)cc5F)n4)CC3)n(CCP(C)C)c2c1.NC=O. The number of likely N-dealkylation sites (tertiary alicyclic amines) is 1. The van der Waals surface area contributed by atoms with Gasteiger partial charge in [0.05, 0.1) is 34.8 Å². The van der Waals surface area contributed by atoms with E-state index in [9.17, 15) is 4.39 Å². The third kappa shape index (κ3) is 13.6. The third-order valence-corrected chi connectivity index (χ3v) is 10.2. The number of rotatable bonds is 13. The molecule has 9 nitrogen and oxygen atoms in total. The first-order chi connectivity index (χ1) is 24.8. The number of aromatic nitrogens is 3. The minimum Gasteiger partial charge on any atom is -0.473 e. The van der Waals surface area contributed by atoms with Gasteiger partial charge in [-0.1, -0.05) is 39.0 Å². The van der Waals surface area contributed by atoms with Crippen molar-refractivity contribution in [1.29, 1.82) is 5.26 Å². The van der Waals surface area contributed by atoms with Gasteiger partial charge in [0.1, 0.15) is 18.2 Å². The zero-order valence-electron chi connectivity index (χ0n) is 32.4. The molecule has 1 amide bonds. The van der Waals surface area contributed by atoms with Crippen LogP contribution in [-0.4, -0.2) is 70.6 Å². The van der Waals surface area contributed by atoms with E-state index in [0.717, 1.165) is 69.1 Å². The quantitative estimate of drug-likeness (QED) is 0.108. The summed E-state index contributed by atoms with van der Waals surface area (Å²) in [6.45, 7) is 22.4.